The van der Waals surface area contributed by atoms with Crippen LogP contribution in [0, 0.1) is 11.3 Å². The molecule has 3 heteroatoms. The third kappa shape index (κ3) is 1.22. The summed E-state index contributed by atoms with van der Waals surface area (Å²) in [7, 11) is 1.36. The summed E-state index contributed by atoms with van der Waals surface area (Å²) in [6.07, 6.45) is 1.07. The van der Waals surface area contributed by atoms with Gasteiger partial charge in [0.1, 0.15) is 0 Å². The smallest absolute Gasteiger partial charge is 0.314 e. The average Bonchev–Trinajstić information content (AvgIpc) is 2.33. The molecule has 0 bridgehead atoms. The highest BCUT2D eigenvalue weighted by atomic mass is 16.5. The van der Waals surface area contributed by atoms with Crippen molar-refractivity contribution in [2.45, 2.75) is 32.8 Å². The molecule has 1 aliphatic rings. The summed E-state index contributed by atoms with van der Waals surface area (Å²) >= 11 is 0. The molecule has 0 aromatic heterocycles. The van der Waals surface area contributed by atoms with Crippen LogP contribution in [0.15, 0.2) is 0 Å². The molecule has 0 spiro atoms. The molecule has 1 N–H and O–H groups in total. The highest BCUT2D eigenvalue weighted by Gasteiger charge is 2.48. The summed E-state index contributed by atoms with van der Waals surface area (Å²) in [4.78, 5) is 11.3. The SMILES string of the molecule is COC(=O)C1(C)CCC(C)C1O. The first-order valence-corrected chi connectivity index (χ1v) is 4.29. The van der Waals surface area contributed by atoms with Crippen LogP contribution in [0.5, 0.6) is 0 Å². The second-order valence-corrected chi connectivity index (χ2v) is 3.87. The number of carbonyl (C=O) groups is 1. The van der Waals surface area contributed by atoms with Gasteiger partial charge in [-0.25, -0.2) is 0 Å². The van der Waals surface area contributed by atoms with Gasteiger partial charge in [-0.1, -0.05) is 6.92 Å². The second-order valence-electron chi connectivity index (χ2n) is 3.87. The summed E-state index contributed by atoms with van der Waals surface area (Å²) in [5.74, 6) is -0.0894. The van der Waals surface area contributed by atoms with Crippen LogP contribution in [0.3, 0.4) is 0 Å². The molecule has 1 saturated carbocycles. The predicted octanol–water partition coefficient (Wildman–Crippen LogP) is 0.956. The first-order chi connectivity index (χ1) is 5.52. The molecular weight excluding hydrogens is 156 g/mol. The Labute approximate surface area is 72.7 Å². The molecule has 3 unspecified atom stereocenters. The maximum atomic E-state index is 11.3. The number of carbonyl (C=O) groups excluding carboxylic acids is 1. The predicted molar refractivity (Wildman–Crippen MR) is 44.5 cm³/mol. The van der Waals surface area contributed by atoms with Gasteiger partial charge in [0.15, 0.2) is 0 Å². The molecule has 0 aromatic carbocycles. The van der Waals surface area contributed by atoms with E-state index < -0.39 is 11.5 Å². The monoisotopic (exact) mass is 172 g/mol. The Morgan fingerprint density at radius 1 is 1.67 bits per heavy atom. The van der Waals surface area contributed by atoms with E-state index >= 15 is 0 Å². The van der Waals surface area contributed by atoms with E-state index in [0.29, 0.717) is 0 Å². The maximum Gasteiger partial charge on any atom is 0.314 e. The zero-order valence-electron chi connectivity index (χ0n) is 7.83. The van der Waals surface area contributed by atoms with Crippen molar-refractivity contribution in [1.82, 2.24) is 0 Å². The zero-order valence-corrected chi connectivity index (χ0v) is 7.83. The lowest BCUT2D eigenvalue weighted by atomic mass is 9.85. The minimum absolute atomic E-state index is 0.203. The Morgan fingerprint density at radius 2 is 2.25 bits per heavy atom. The molecule has 0 aliphatic heterocycles. The normalized spacial score (nSPS) is 41.3. The van der Waals surface area contributed by atoms with Gasteiger partial charge in [-0.05, 0) is 25.7 Å². The molecule has 0 saturated heterocycles. The number of rotatable bonds is 1. The van der Waals surface area contributed by atoms with Gasteiger partial charge in [0.05, 0.1) is 18.6 Å². The van der Waals surface area contributed by atoms with Crippen LogP contribution in [-0.2, 0) is 9.53 Å². The highest BCUT2D eigenvalue weighted by molar-refractivity contribution is 5.77. The third-order valence-electron chi connectivity index (χ3n) is 2.96. The van der Waals surface area contributed by atoms with Gasteiger partial charge in [0, 0.05) is 0 Å². The van der Waals surface area contributed by atoms with Crippen molar-refractivity contribution in [3.05, 3.63) is 0 Å². The van der Waals surface area contributed by atoms with Gasteiger partial charge in [-0.15, -0.1) is 0 Å². The zero-order chi connectivity index (χ0) is 9.35. The van der Waals surface area contributed by atoms with Crippen molar-refractivity contribution in [1.29, 1.82) is 0 Å². The topological polar surface area (TPSA) is 46.5 Å². The molecule has 1 rings (SSSR count). The van der Waals surface area contributed by atoms with E-state index in [1.807, 2.05) is 6.92 Å². The molecule has 1 fully saturated rings. The standard InChI is InChI=1S/C9H16O3/c1-6-4-5-9(2,7(6)10)8(11)12-3/h6-7,10H,4-5H2,1-3H3. The Morgan fingerprint density at radius 3 is 2.58 bits per heavy atom. The minimum Gasteiger partial charge on any atom is -0.469 e. The molecule has 1 aliphatic carbocycles. The summed E-state index contributed by atoms with van der Waals surface area (Å²) in [5.41, 5.74) is -0.672. The number of ether oxygens (including phenoxy) is 1. The number of methoxy groups -OCH3 is 1. The Kier molecular flexibility index (Phi) is 2.42. The van der Waals surface area contributed by atoms with E-state index in [9.17, 15) is 9.90 Å². The summed E-state index contributed by atoms with van der Waals surface area (Å²) in [6.45, 7) is 3.73. The Balaban J connectivity index is 2.78. The summed E-state index contributed by atoms with van der Waals surface area (Å²) in [5, 5.41) is 9.72. The van der Waals surface area contributed by atoms with Crippen molar-refractivity contribution in [2.24, 2.45) is 11.3 Å². The lowest BCUT2D eigenvalue weighted by molar-refractivity contribution is -0.157. The van der Waals surface area contributed by atoms with Gasteiger partial charge in [0.2, 0.25) is 0 Å². The fourth-order valence-corrected chi connectivity index (χ4v) is 1.92. The van der Waals surface area contributed by atoms with Crippen molar-refractivity contribution in [2.75, 3.05) is 7.11 Å². The summed E-state index contributed by atoms with van der Waals surface area (Å²) < 4.78 is 4.66. The van der Waals surface area contributed by atoms with Gasteiger partial charge < -0.3 is 9.84 Å². The largest absolute Gasteiger partial charge is 0.469 e. The maximum absolute atomic E-state index is 11.3. The van der Waals surface area contributed by atoms with Gasteiger partial charge in [-0.2, -0.15) is 0 Å². The molecule has 3 atom stereocenters. The first-order valence-electron chi connectivity index (χ1n) is 4.29. The molecule has 3 nitrogen and oxygen atoms in total. The minimum atomic E-state index is -0.672. The second kappa shape index (κ2) is 3.05. The van der Waals surface area contributed by atoms with Gasteiger partial charge >= 0.3 is 5.97 Å². The van der Waals surface area contributed by atoms with E-state index in [-0.39, 0.29) is 11.9 Å². The quantitative estimate of drug-likeness (QED) is 0.599. The van der Waals surface area contributed by atoms with Crippen LogP contribution in [0.4, 0.5) is 0 Å². The number of esters is 1. The van der Waals surface area contributed by atoms with E-state index in [1.165, 1.54) is 7.11 Å². The first kappa shape index (κ1) is 9.52. The van der Waals surface area contributed by atoms with Gasteiger partial charge in [0.25, 0.3) is 0 Å². The molecule has 0 radical (unpaired) electrons. The van der Waals surface area contributed by atoms with Crippen LogP contribution in [-0.4, -0.2) is 24.3 Å². The van der Waals surface area contributed by atoms with Crippen molar-refractivity contribution in [3.8, 4) is 0 Å². The van der Waals surface area contributed by atoms with Crippen LogP contribution in [0.2, 0.25) is 0 Å². The van der Waals surface area contributed by atoms with Crippen LogP contribution in [0.25, 0.3) is 0 Å². The van der Waals surface area contributed by atoms with Crippen molar-refractivity contribution < 1.29 is 14.6 Å². The molecule has 70 valence electrons. The average molecular weight is 172 g/mol. The third-order valence-corrected chi connectivity index (χ3v) is 2.96. The number of hydrogen-bond acceptors (Lipinski definition) is 3. The van der Waals surface area contributed by atoms with Crippen LogP contribution < -0.4 is 0 Å². The van der Waals surface area contributed by atoms with E-state index in [0.717, 1.165) is 12.8 Å². The fraction of sp³-hybridized carbons (Fsp3) is 0.889. The van der Waals surface area contributed by atoms with E-state index in [1.54, 1.807) is 6.92 Å². The lowest BCUT2D eigenvalue weighted by Gasteiger charge is -2.25. The fourth-order valence-electron chi connectivity index (χ4n) is 1.92. The Hall–Kier alpha value is -0.570. The van der Waals surface area contributed by atoms with E-state index in [4.69, 9.17) is 0 Å². The molecule has 0 heterocycles. The molecule has 0 aromatic rings. The number of aliphatic hydroxyl groups is 1. The summed E-state index contributed by atoms with van der Waals surface area (Å²) in [6, 6.07) is 0. The van der Waals surface area contributed by atoms with Crippen LogP contribution >= 0.6 is 0 Å². The van der Waals surface area contributed by atoms with Crippen LogP contribution in [0.1, 0.15) is 26.7 Å². The lowest BCUT2D eigenvalue weighted by Crippen LogP contribution is -2.38. The highest BCUT2D eigenvalue weighted by Crippen LogP contribution is 2.42. The molecular formula is C9H16O3. The molecule has 0 amide bonds. The number of aliphatic hydroxyl groups excluding tert-OH is 1. The van der Waals surface area contributed by atoms with Gasteiger partial charge in [-0.3, -0.25) is 4.79 Å². The molecule has 12 heavy (non-hydrogen) atoms. The van der Waals surface area contributed by atoms with Crippen molar-refractivity contribution in [3.63, 3.8) is 0 Å². The van der Waals surface area contributed by atoms with E-state index in [2.05, 4.69) is 4.74 Å². The van der Waals surface area contributed by atoms with Crippen molar-refractivity contribution >= 4 is 5.97 Å². The number of hydrogen-bond donors (Lipinski definition) is 1. The Bertz CT molecular complexity index is 190.